The molecule has 126 valence electrons. The second-order valence-electron chi connectivity index (χ2n) is 5.72. The number of hydrogen-bond acceptors (Lipinski definition) is 4. The van der Waals surface area contributed by atoms with Crippen LogP contribution in [0, 0.1) is 6.92 Å². The van der Waals surface area contributed by atoms with Crippen LogP contribution in [0.5, 0.6) is 5.75 Å². The van der Waals surface area contributed by atoms with E-state index in [0.29, 0.717) is 13.2 Å². The lowest BCUT2D eigenvalue weighted by molar-refractivity contribution is 0.110. The third-order valence-corrected chi connectivity index (χ3v) is 3.86. The molecule has 0 fully saturated rings. The number of aromatic nitrogens is 1. The van der Waals surface area contributed by atoms with E-state index < -0.39 is 0 Å². The number of fused-ring (bicyclic) bond motifs is 1. The zero-order valence-corrected chi connectivity index (χ0v) is 14.2. The maximum absolute atomic E-state index is 8.80. The summed E-state index contributed by atoms with van der Waals surface area (Å²) < 4.78 is 11.8. The lowest BCUT2D eigenvalue weighted by Gasteiger charge is -2.15. The van der Waals surface area contributed by atoms with Gasteiger partial charge in [-0.3, -0.25) is 0 Å². The van der Waals surface area contributed by atoms with Crippen LogP contribution in [0.3, 0.4) is 0 Å². The zero-order chi connectivity index (χ0) is 16.5. The van der Waals surface area contributed by atoms with Crippen molar-refractivity contribution in [1.29, 1.82) is 0 Å². The van der Waals surface area contributed by atoms with E-state index in [1.54, 1.807) is 0 Å². The van der Waals surface area contributed by atoms with Crippen molar-refractivity contribution >= 4 is 10.9 Å². The fourth-order valence-electron chi connectivity index (χ4n) is 2.46. The number of aliphatic hydroxyl groups excluding tert-OH is 1. The van der Waals surface area contributed by atoms with E-state index >= 15 is 0 Å². The number of pyridine rings is 1. The van der Waals surface area contributed by atoms with Gasteiger partial charge >= 0.3 is 0 Å². The summed E-state index contributed by atoms with van der Waals surface area (Å²) in [5.74, 6) is 0.929. The van der Waals surface area contributed by atoms with Gasteiger partial charge in [-0.25, -0.2) is 4.98 Å². The number of unbranched alkanes of at least 4 members (excludes halogenated alkanes) is 2. The Morgan fingerprint density at radius 1 is 1.09 bits per heavy atom. The Morgan fingerprint density at radius 3 is 2.70 bits per heavy atom. The summed E-state index contributed by atoms with van der Waals surface area (Å²) in [4.78, 5) is 4.73. The van der Waals surface area contributed by atoms with Gasteiger partial charge < -0.3 is 14.6 Å². The summed E-state index contributed by atoms with van der Waals surface area (Å²) in [5, 5.41) is 9.86. The number of hydrogen-bond donors (Lipinski definition) is 1. The lowest BCUT2D eigenvalue weighted by atomic mass is 10.1. The van der Waals surface area contributed by atoms with Crippen LogP contribution in [0.25, 0.3) is 10.9 Å². The second-order valence-corrected chi connectivity index (χ2v) is 5.72. The maximum atomic E-state index is 8.80. The van der Waals surface area contributed by atoms with Crippen LogP contribution in [0.2, 0.25) is 0 Å². The molecule has 0 atom stereocenters. The highest BCUT2D eigenvalue weighted by Gasteiger charge is 2.13. The number of nitrogens with zero attached hydrogens (tertiary/aromatic N) is 1. The summed E-state index contributed by atoms with van der Waals surface area (Å²) in [5.41, 5.74) is 2.93. The van der Waals surface area contributed by atoms with Crippen molar-refractivity contribution < 1.29 is 14.6 Å². The first-order valence-corrected chi connectivity index (χ1v) is 8.47. The molecule has 0 unspecified atom stereocenters. The molecule has 0 spiro atoms. The average molecular weight is 317 g/mol. The summed E-state index contributed by atoms with van der Waals surface area (Å²) in [6, 6.07) is 8.08. The van der Waals surface area contributed by atoms with Gasteiger partial charge in [-0.05, 0) is 38.3 Å². The molecule has 1 aromatic heterocycles. The summed E-state index contributed by atoms with van der Waals surface area (Å²) in [6.45, 7) is 6.26. The highest BCUT2D eigenvalue weighted by Crippen LogP contribution is 2.30. The predicted octanol–water partition coefficient (Wildman–Crippen LogP) is 4.01. The van der Waals surface area contributed by atoms with Crippen LogP contribution in [0.15, 0.2) is 24.3 Å². The van der Waals surface area contributed by atoms with Crippen LogP contribution in [0.4, 0.5) is 0 Å². The van der Waals surface area contributed by atoms with Crippen LogP contribution in [-0.4, -0.2) is 29.9 Å². The molecule has 1 N–H and O–H groups in total. The van der Waals surface area contributed by atoms with Crippen molar-refractivity contribution in [2.24, 2.45) is 0 Å². The fourth-order valence-corrected chi connectivity index (χ4v) is 2.46. The topological polar surface area (TPSA) is 51.6 Å². The van der Waals surface area contributed by atoms with Crippen molar-refractivity contribution in [3.8, 4) is 5.75 Å². The molecule has 0 aliphatic heterocycles. The van der Waals surface area contributed by atoms with E-state index in [2.05, 4.69) is 13.0 Å². The predicted molar refractivity (Wildman–Crippen MR) is 92.9 cm³/mol. The molecule has 0 saturated heterocycles. The number of para-hydroxylation sites is 1. The standard InChI is InChI=1S/C19H27NO3/c1-3-4-13-23-19-15(2)18(14-22-12-8-7-11-21)20-17-10-6-5-9-16(17)19/h5-6,9-10,21H,3-4,7-8,11-14H2,1-2H3. The molecule has 0 bridgehead atoms. The highest BCUT2D eigenvalue weighted by molar-refractivity contribution is 5.86. The van der Waals surface area contributed by atoms with Gasteiger partial charge in [0, 0.05) is 24.2 Å². The maximum Gasteiger partial charge on any atom is 0.133 e. The van der Waals surface area contributed by atoms with Gasteiger partial charge in [-0.2, -0.15) is 0 Å². The molecule has 1 heterocycles. The first kappa shape index (κ1) is 17.7. The molecule has 0 aliphatic carbocycles. The Balaban J connectivity index is 2.17. The smallest absolute Gasteiger partial charge is 0.133 e. The molecule has 2 rings (SSSR count). The minimum atomic E-state index is 0.214. The summed E-state index contributed by atoms with van der Waals surface area (Å²) in [6.07, 6.45) is 3.80. The SMILES string of the molecule is CCCCOc1c(C)c(COCCCCO)nc2ccccc12. The van der Waals surface area contributed by atoms with Gasteiger partial charge in [-0.1, -0.05) is 25.5 Å². The van der Waals surface area contributed by atoms with Crippen LogP contribution in [-0.2, 0) is 11.3 Å². The molecular weight excluding hydrogens is 290 g/mol. The normalized spacial score (nSPS) is 11.1. The van der Waals surface area contributed by atoms with Gasteiger partial charge in [0.05, 0.1) is 24.4 Å². The minimum Gasteiger partial charge on any atom is -0.493 e. The number of ether oxygens (including phenoxy) is 2. The van der Waals surface area contributed by atoms with E-state index in [-0.39, 0.29) is 6.61 Å². The van der Waals surface area contributed by atoms with Gasteiger partial charge in [0.2, 0.25) is 0 Å². The Morgan fingerprint density at radius 2 is 1.91 bits per heavy atom. The van der Waals surface area contributed by atoms with Crippen LogP contribution >= 0.6 is 0 Å². The van der Waals surface area contributed by atoms with E-state index in [9.17, 15) is 0 Å². The van der Waals surface area contributed by atoms with Crippen LogP contribution in [0.1, 0.15) is 43.9 Å². The zero-order valence-electron chi connectivity index (χ0n) is 14.2. The van der Waals surface area contributed by atoms with E-state index in [4.69, 9.17) is 19.6 Å². The Hall–Kier alpha value is -1.65. The first-order chi connectivity index (χ1) is 11.3. The lowest BCUT2D eigenvalue weighted by Crippen LogP contribution is -2.06. The molecule has 4 nitrogen and oxygen atoms in total. The van der Waals surface area contributed by atoms with Gasteiger partial charge in [-0.15, -0.1) is 0 Å². The number of rotatable bonds is 10. The van der Waals surface area contributed by atoms with Crippen LogP contribution < -0.4 is 4.74 Å². The first-order valence-electron chi connectivity index (χ1n) is 8.47. The number of benzene rings is 1. The fraction of sp³-hybridized carbons (Fsp3) is 0.526. The average Bonchev–Trinajstić information content (AvgIpc) is 2.57. The Kier molecular flexibility index (Phi) is 7.30. The Bertz CT molecular complexity index is 613. The summed E-state index contributed by atoms with van der Waals surface area (Å²) >= 11 is 0. The van der Waals surface area contributed by atoms with E-state index in [0.717, 1.165) is 60.2 Å². The van der Waals surface area contributed by atoms with E-state index in [1.165, 1.54) is 0 Å². The van der Waals surface area contributed by atoms with Crippen molar-refractivity contribution in [3.63, 3.8) is 0 Å². The molecule has 0 amide bonds. The minimum absolute atomic E-state index is 0.214. The third kappa shape index (κ3) is 4.91. The van der Waals surface area contributed by atoms with E-state index in [1.807, 2.05) is 25.1 Å². The number of aliphatic hydroxyl groups is 1. The van der Waals surface area contributed by atoms with Crippen molar-refractivity contribution in [2.45, 2.75) is 46.1 Å². The molecule has 4 heteroatoms. The molecule has 2 aromatic rings. The van der Waals surface area contributed by atoms with Crippen molar-refractivity contribution in [2.75, 3.05) is 19.8 Å². The highest BCUT2D eigenvalue weighted by atomic mass is 16.5. The molecule has 23 heavy (non-hydrogen) atoms. The monoisotopic (exact) mass is 317 g/mol. The quantitative estimate of drug-likeness (QED) is 0.673. The Labute approximate surface area is 138 Å². The van der Waals surface area contributed by atoms with Gasteiger partial charge in [0.25, 0.3) is 0 Å². The molecule has 0 radical (unpaired) electrons. The second kappa shape index (κ2) is 9.48. The van der Waals surface area contributed by atoms with Crippen molar-refractivity contribution in [3.05, 3.63) is 35.5 Å². The largest absolute Gasteiger partial charge is 0.493 e. The molecular formula is C19H27NO3. The summed E-state index contributed by atoms with van der Waals surface area (Å²) in [7, 11) is 0. The van der Waals surface area contributed by atoms with Crippen molar-refractivity contribution in [1.82, 2.24) is 4.98 Å². The van der Waals surface area contributed by atoms with Gasteiger partial charge in [0.1, 0.15) is 5.75 Å². The third-order valence-electron chi connectivity index (χ3n) is 3.86. The molecule has 0 saturated carbocycles. The molecule has 0 aliphatic rings. The van der Waals surface area contributed by atoms with Gasteiger partial charge in [0.15, 0.2) is 0 Å². The molecule has 1 aromatic carbocycles.